The number of Topliss-reactive ketones (excluding diaryl/α,β-unsaturated/α-hetero) is 1. The van der Waals surface area contributed by atoms with E-state index in [-0.39, 0.29) is 25.0 Å². The van der Waals surface area contributed by atoms with Crippen molar-refractivity contribution in [3.63, 3.8) is 0 Å². The minimum absolute atomic E-state index is 0.0446. The van der Waals surface area contributed by atoms with E-state index in [0.29, 0.717) is 0 Å². The Balaban J connectivity index is 1.11. The molecule has 7 aromatic carbocycles. The van der Waals surface area contributed by atoms with Gasteiger partial charge in [0.25, 0.3) is 0 Å². The number of ketones is 1. The highest BCUT2D eigenvalue weighted by Gasteiger charge is 2.49. The highest BCUT2D eigenvalue weighted by Crippen LogP contribution is 2.53. The zero-order valence-corrected chi connectivity index (χ0v) is 39.8. The van der Waals surface area contributed by atoms with Crippen LogP contribution < -0.4 is 10.6 Å². The van der Waals surface area contributed by atoms with Gasteiger partial charge in [-0.3, -0.25) is 25.0 Å². The Kier molecular flexibility index (Phi) is 12.7. The summed E-state index contributed by atoms with van der Waals surface area (Å²) in [5.41, 5.74) is 7.59. The van der Waals surface area contributed by atoms with Gasteiger partial charge >= 0.3 is 11.9 Å². The topological polar surface area (TPSA) is 93.7 Å². The normalized spacial score (nSPS) is 15.4. The zero-order chi connectivity index (χ0) is 47.7. The van der Waals surface area contributed by atoms with Crippen molar-refractivity contribution >= 4 is 17.7 Å². The molecule has 0 amide bonds. The number of hydrogen-bond donors (Lipinski definition) is 2. The molecule has 2 aliphatic carbocycles. The standard InChI is InChI=1S/C61H60N2O5/c1-58(2,3)67-56(65)54(62-60(43-26-12-8-13-27-43)50-34-20-16-30-46(50)47-31-17-21-35-51(47)60)39-42(41-24-10-7-11-25-41)38-45(64)40-55(57(66)68-59(4,5)6)63-61(44-28-14-9-15-29-44)52-36-22-18-32-48(52)49-33-19-23-37-53(49)61/h7-37,42,54-55,62-63H,38-40H2,1-6H3/t42-,54+,55+/m1/s1. The van der Waals surface area contributed by atoms with E-state index in [0.717, 1.165) is 61.2 Å². The van der Waals surface area contributed by atoms with Crippen molar-refractivity contribution in [2.24, 2.45) is 0 Å². The molecule has 2 N–H and O–H groups in total. The van der Waals surface area contributed by atoms with Gasteiger partial charge in [0.15, 0.2) is 0 Å². The maximum absolute atomic E-state index is 15.2. The largest absolute Gasteiger partial charge is 0.459 e. The summed E-state index contributed by atoms with van der Waals surface area (Å²) in [6.45, 7) is 11.2. The van der Waals surface area contributed by atoms with Gasteiger partial charge in [0.1, 0.15) is 29.1 Å². The second-order valence-electron chi connectivity index (χ2n) is 20.2. The van der Waals surface area contributed by atoms with Crippen LogP contribution >= 0.6 is 0 Å². The first-order valence-electron chi connectivity index (χ1n) is 23.8. The lowest BCUT2D eigenvalue weighted by Crippen LogP contribution is -2.54. The van der Waals surface area contributed by atoms with Gasteiger partial charge in [0.05, 0.1) is 11.1 Å². The Hall–Kier alpha value is -6.93. The molecule has 7 nitrogen and oxygen atoms in total. The molecule has 7 heteroatoms. The maximum atomic E-state index is 15.2. The summed E-state index contributed by atoms with van der Waals surface area (Å²) in [6, 6.07) is 61.5. The Morgan fingerprint density at radius 1 is 0.426 bits per heavy atom. The minimum atomic E-state index is -1.05. The van der Waals surface area contributed by atoms with Crippen molar-refractivity contribution in [1.29, 1.82) is 0 Å². The summed E-state index contributed by atoms with van der Waals surface area (Å²) < 4.78 is 12.4. The van der Waals surface area contributed by atoms with Gasteiger partial charge in [-0.05, 0) is 115 Å². The summed E-state index contributed by atoms with van der Waals surface area (Å²) in [4.78, 5) is 44.8. The van der Waals surface area contributed by atoms with Crippen molar-refractivity contribution in [2.75, 3.05) is 0 Å². The van der Waals surface area contributed by atoms with E-state index in [1.54, 1.807) is 0 Å². The van der Waals surface area contributed by atoms with Crippen LogP contribution in [0.2, 0.25) is 0 Å². The molecule has 0 fully saturated rings. The number of benzene rings is 7. The van der Waals surface area contributed by atoms with Crippen molar-refractivity contribution in [2.45, 2.75) is 101 Å². The third-order valence-electron chi connectivity index (χ3n) is 13.2. The first-order chi connectivity index (χ1) is 32.7. The van der Waals surface area contributed by atoms with E-state index in [9.17, 15) is 9.59 Å². The van der Waals surface area contributed by atoms with Crippen LogP contribution in [0.15, 0.2) is 188 Å². The second kappa shape index (κ2) is 18.6. The van der Waals surface area contributed by atoms with Crippen molar-refractivity contribution in [3.8, 4) is 22.3 Å². The predicted molar refractivity (Wildman–Crippen MR) is 270 cm³/mol. The number of ether oxygens (including phenoxy) is 2. The minimum Gasteiger partial charge on any atom is -0.459 e. The van der Waals surface area contributed by atoms with E-state index in [2.05, 4.69) is 83.4 Å². The third-order valence-corrected chi connectivity index (χ3v) is 13.2. The summed E-state index contributed by atoms with van der Waals surface area (Å²) >= 11 is 0. The summed E-state index contributed by atoms with van der Waals surface area (Å²) in [6.07, 6.45) is 0.113. The number of carbonyl (C=O) groups excluding carboxylic acids is 3. The van der Waals surface area contributed by atoms with Gasteiger partial charge in [0.2, 0.25) is 0 Å². The van der Waals surface area contributed by atoms with Crippen LogP contribution in [0.5, 0.6) is 0 Å². The van der Waals surface area contributed by atoms with E-state index >= 15 is 4.79 Å². The monoisotopic (exact) mass is 900 g/mol. The van der Waals surface area contributed by atoms with Gasteiger partial charge in [-0.25, -0.2) is 0 Å². The van der Waals surface area contributed by atoms with E-state index < -0.39 is 52.2 Å². The van der Waals surface area contributed by atoms with Crippen LogP contribution in [0.3, 0.4) is 0 Å². The van der Waals surface area contributed by atoms with Gasteiger partial charge in [0, 0.05) is 12.8 Å². The number of nitrogens with one attached hydrogen (secondary N) is 2. The Bertz CT molecular complexity index is 2840. The van der Waals surface area contributed by atoms with Crippen molar-refractivity contribution in [3.05, 3.63) is 227 Å². The molecular formula is C61H60N2O5. The fourth-order valence-electron chi connectivity index (χ4n) is 10.6. The number of carbonyl (C=O) groups is 3. The molecule has 2 aliphatic rings. The van der Waals surface area contributed by atoms with Gasteiger partial charge in [-0.2, -0.15) is 0 Å². The molecule has 344 valence electrons. The number of hydrogen-bond acceptors (Lipinski definition) is 7. The van der Waals surface area contributed by atoms with E-state index in [1.165, 1.54) is 0 Å². The molecule has 3 atom stereocenters. The quantitative estimate of drug-likeness (QED) is 0.0990. The molecule has 7 aromatic rings. The Labute approximate surface area is 401 Å². The second-order valence-corrected chi connectivity index (χ2v) is 20.2. The fourth-order valence-corrected chi connectivity index (χ4v) is 10.6. The molecule has 0 bridgehead atoms. The lowest BCUT2D eigenvalue weighted by atomic mass is 9.78. The average Bonchev–Trinajstić information content (AvgIpc) is 3.78. The summed E-state index contributed by atoms with van der Waals surface area (Å²) in [5, 5.41) is 7.77. The summed E-state index contributed by atoms with van der Waals surface area (Å²) in [5.74, 6) is -1.54. The summed E-state index contributed by atoms with van der Waals surface area (Å²) in [7, 11) is 0. The molecule has 68 heavy (non-hydrogen) atoms. The number of fused-ring (bicyclic) bond motifs is 6. The van der Waals surface area contributed by atoms with E-state index in [4.69, 9.17) is 9.47 Å². The molecule has 9 rings (SSSR count). The van der Waals surface area contributed by atoms with Crippen LogP contribution in [0.1, 0.15) is 106 Å². The predicted octanol–water partition coefficient (Wildman–Crippen LogP) is 12.1. The van der Waals surface area contributed by atoms with Crippen LogP contribution in [0, 0.1) is 0 Å². The fraction of sp³-hybridized carbons (Fsp3) is 0.262. The zero-order valence-electron chi connectivity index (χ0n) is 39.8. The van der Waals surface area contributed by atoms with Crippen LogP contribution in [0.25, 0.3) is 22.3 Å². The molecule has 0 spiro atoms. The van der Waals surface area contributed by atoms with Gasteiger partial charge in [-0.15, -0.1) is 0 Å². The number of esters is 2. The lowest BCUT2D eigenvalue weighted by molar-refractivity contribution is -0.159. The Morgan fingerprint density at radius 3 is 1.13 bits per heavy atom. The molecule has 0 unspecified atom stereocenters. The van der Waals surface area contributed by atoms with Crippen molar-refractivity contribution in [1.82, 2.24) is 10.6 Å². The van der Waals surface area contributed by atoms with Crippen LogP contribution in [-0.4, -0.2) is 41.0 Å². The lowest BCUT2D eigenvalue weighted by Gasteiger charge is -2.39. The number of rotatable bonds is 15. The molecule has 0 saturated heterocycles. The SMILES string of the molecule is CC(C)(C)OC(=O)[C@H](CC(=O)C[C@H](C[C@H](NC1(c2ccccc2)c2ccccc2-c2ccccc21)C(=O)OC(C)(C)C)c1ccccc1)NC1(c2ccccc2)c2ccccc2-c2ccccc21. The molecule has 0 heterocycles. The molecule has 0 radical (unpaired) electrons. The Morgan fingerprint density at radius 2 is 0.750 bits per heavy atom. The molecular weight excluding hydrogens is 841 g/mol. The highest BCUT2D eigenvalue weighted by atomic mass is 16.6. The first-order valence-corrected chi connectivity index (χ1v) is 23.8. The van der Waals surface area contributed by atoms with E-state index in [1.807, 2.05) is 157 Å². The van der Waals surface area contributed by atoms with Gasteiger partial charge < -0.3 is 9.47 Å². The highest BCUT2D eigenvalue weighted by molar-refractivity contribution is 5.89. The van der Waals surface area contributed by atoms with Crippen LogP contribution in [0.4, 0.5) is 0 Å². The smallest absolute Gasteiger partial charge is 0.324 e. The van der Waals surface area contributed by atoms with Crippen LogP contribution in [-0.2, 0) is 34.9 Å². The van der Waals surface area contributed by atoms with Crippen molar-refractivity contribution < 1.29 is 23.9 Å². The first kappa shape index (κ1) is 46.2. The van der Waals surface area contributed by atoms with Gasteiger partial charge in [-0.1, -0.05) is 188 Å². The average molecular weight is 901 g/mol. The molecule has 0 saturated carbocycles. The molecule has 0 aromatic heterocycles. The third kappa shape index (κ3) is 8.96. The molecule has 0 aliphatic heterocycles. The maximum Gasteiger partial charge on any atom is 0.324 e.